The second kappa shape index (κ2) is 5.09. The van der Waals surface area contributed by atoms with Crippen LogP contribution < -0.4 is 5.32 Å². The summed E-state index contributed by atoms with van der Waals surface area (Å²) in [6.45, 7) is 5.99. The average Bonchev–Trinajstić information content (AvgIpc) is 2.27. The van der Waals surface area contributed by atoms with E-state index in [1.165, 1.54) is 6.07 Å². The number of ether oxygens (including phenoxy) is 1. The van der Waals surface area contributed by atoms with Gasteiger partial charge in [-0.15, -0.1) is 0 Å². The highest BCUT2D eigenvalue weighted by Crippen LogP contribution is 2.23. The quantitative estimate of drug-likeness (QED) is 0.629. The zero-order chi connectivity index (χ0) is 13.1. The van der Waals surface area contributed by atoms with Crippen molar-refractivity contribution in [2.75, 3.05) is 19.0 Å². The first kappa shape index (κ1) is 13.4. The second-order valence-electron chi connectivity index (χ2n) is 4.45. The van der Waals surface area contributed by atoms with Gasteiger partial charge in [0.1, 0.15) is 0 Å². The van der Waals surface area contributed by atoms with Crippen LogP contribution in [0.1, 0.15) is 19.4 Å². The van der Waals surface area contributed by atoms with Crippen LogP contribution in [-0.2, 0) is 4.74 Å². The monoisotopic (exact) mass is 239 g/mol. The Bertz CT molecular complexity index is 418. The molecule has 0 aliphatic rings. The summed E-state index contributed by atoms with van der Waals surface area (Å²) in [5.41, 5.74) is 0.339. The number of aromatic nitrogens is 1. The van der Waals surface area contributed by atoms with Crippen molar-refractivity contribution in [1.29, 1.82) is 0 Å². The summed E-state index contributed by atoms with van der Waals surface area (Å²) in [6.07, 6.45) is 1.59. The number of anilines is 1. The van der Waals surface area contributed by atoms with Crippen LogP contribution in [0, 0.1) is 17.0 Å². The molecule has 0 aliphatic heterocycles. The largest absolute Gasteiger partial charge is 0.377 e. The van der Waals surface area contributed by atoms with E-state index in [-0.39, 0.29) is 11.5 Å². The van der Waals surface area contributed by atoms with Gasteiger partial charge in [0.25, 0.3) is 0 Å². The molecule has 1 N–H and O–H groups in total. The summed E-state index contributed by atoms with van der Waals surface area (Å²) in [5.74, 6) is 0.269. The van der Waals surface area contributed by atoms with Gasteiger partial charge in [-0.3, -0.25) is 10.1 Å². The van der Waals surface area contributed by atoms with Crippen LogP contribution in [0.5, 0.6) is 0 Å². The van der Waals surface area contributed by atoms with Crippen LogP contribution in [0.25, 0.3) is 0 Å². The fourth-order valence-electron chi connectivity index (χ4n) is 1.20. The van der Waals surface area contributed by atoms with Crippen molar-refractivity contribution < 1.29 is 9.66 Å². The number of hydrogen-bond acceptors (Lipinski definition) is 5. The first-order chi connectivity index (χ1) is 7.85. The van der Waals surface area contributed by atoms with Crippen LogP contribution in [0.2, 0.25) is 0 Å². The average molecular weight is 239 g/mol. The van der Waals surface area contributed by atoms with E-state index in [0.717, 1.165) is 5.56 Å². The van der Waals surface area contributed by atoms with E-state index in [0.29, 0.717) is 6.54 Å². The topological polar surface area (TPSA) is 77.3 Å². The van der Waals surface area contributed by atoms with E-state index in [1.54, 1.807) is 20.2 Å². The molecule has 0 saturated carbocycles. The van der Waals surface area contributed by atoms with Crippen LogP contribution >= 0.6 is 0 Å². The Morgan fingerprint density at radius 1 is 1.59 bits per heavy atom. The third-order valence-corrected chi connectivity index (χ3v) is 2.44. The zero-order valence-corrected chi connectivity index (χ0v) is 10.5. The molecule has 1 heterocycles. The molecule has 94 valence electrons. The normalized spacial score (nSPS) is 11.3. The molecular weight excluding hydrogens is 222 g/mol. The second-order valence-corrected chi connectivity index (χ2v) is 4.45. The molecule has 0 aromatic carbocycles. The van der Waals surface area contributed by atoms with Crippen molar-refractivity contribution in [2.24, 2.45) is 0 Å². The Morgan fingerprint density at radius 2 is 2.24 bits per heavy atom. The number of aryl methyl sites for hydroxylation is 1. The lowest BCUT2D eigenvalue weighted by molar-refractivity contribution is -0.384. The first-order valence-corrected chi connectivity index (χ1v) is 5.26. The third kappa shape index (κ3) is 3.67. The number of methoxy groups -OCH3 is 1. The summed E-state index contributed by atoms with van der Waals surface area (Å²) in [7, 11) is 1.60. The SMILES string of the molecule is COC(C)(C)CNc1ncc(C)cc1[N+](=O)[O-]. The highest BCUT2D eigenvalue weighted by atomic mass is 16.6. The highest BCUT2D eigenvalue weighted by Gasteiger charge is 2.20. The Morgan fingerprint density at radius 3 is 2.76 bits per heavy atom. The molecule has 0 spiro atoms. The Balaban J connectivity index is 2.88. The van der Waals surface area contributed by atoms with Crippen LogP contribution in [0.4, 0.5) is 11.5 Å². The van der Waals surface area contributed by atoms with E-state index in [1.807, 2.05) is 13.8 Å². The minimum atomic E-state index is -0.442. The predicted octanol–water partition coefficient (Wildman–Crippen LogP) is 2.14. The fourth-order valence-corrected chi connectivity index (χ4v) is 1.20. The molecular formula is C11H17N3O3. The molecule has 0 fully saturated rings. The zero-order valence-electron chi connectivity index (χ0n) is 10.5. The van der Waals surface area contributed by atoms with Gasteiger partial charge < -0.3 is 10.1 Å². The number of hydrogen-bond donors (Lipinski definition) is 1. The lowest BCUT2D eigenvalue weighted by Crippen LogP contribution is -2.32. The number of rotatable bonds is 5. The summed E-state index contributed by atoms with van der Waals surface area (Å²) in [6, 6.07) is 1.50. The number of nitrogens with zero attached hydrogens (tertiary/aromatic N) is 2. The van der Waals surface area contributed by atoms with Crippen molar-refractivity contribution in [3.8, 4) is 0 Å². The molecule has 6 heteroatoms. The molecule has 0 aliphatic carbocycles. The van der Waals surface area contributed by atoms with Gasteiger partial charge in [-0.25, -0.2) is 4.98 Å². The van der Waals surface area contributed by atoms with E-state index in [2.05, 4.69) is 10.3 Å². The van der Waals surface area contributed by atoms with Gasteiger partial charge in [0.2, 0.25) is 5.82 Å². The molecule has 0 unspecified atom stereocenters. The minimum absolute atomic E-state index is 0.0168. The lowest BCUT2D eigenvalue weighted by Gasteiger charge is -2.23. The van der Waals surface area contributed by atoms with Crippen molar-refractivity contribution in [3.05, 3.63) is 27.9 Å². The molecule has 0 radical (unpaired) electrons. The molecule has 0 amide bonds. The van der Waals surface area contributed by atoms with Gasteiger partial charge in [-0.05, 0) is 26.3 Å². The van der Waals surface area contributed by atoms with Gasteiger partial charge in [-0.2, -0.15) is 0 Å². The van der Waals surface area contributed by atoms with E-state index in [4.69, 9.17) is 4.74 Å². The first-order valence-electron chi connectivity index (χ1n) is 5.26. The van der Waals surface area contributed by atoms with E-state index >= 15 is 0 Å². The summed E-state index contributed by atoms with van der Waals surface area (Å²) >= 11 is 0. The summed E-state index contributed by atoms with van der Waals surface area (Å²) in [4.78, 5) is 14.4. The number of nitrogens with one attached hydrogen (secondary N) is 1. The molecule has 6 nitrogen and oxygen atoms in total. The van der Waals surface area contributed by atoms with Crippen LogP contribution in [0.3, 0.4) is 0 Å². The molecule has 1 rings (SSSR count). The smallest absolute Gasteiger partial charge is 0.311 e. The third-order valence-electron chi connectivity index (χ3n) is 2.44. The van der Waals surface area contributed by atoms with E-state index in [9.17, 15) is 10.1 Å². The molecule has 1 aromatic heterocycles. The summed E-state index contributed by atoms with van der Waals surface area (Å²) < 4.78 is 5.22. The maximum Gasteiger partial charge on any atom is 0.311 e. The molecule has 1 aromatic rings. The lowest BCUT2D eigenvalue weighted by atomic mass is 10.1. The van der Waals surface area contributed by atoms with Crippen LogP contribution in [-0.4, -0.2) is 29.2 Å². The van der Waals surface area contributed by atoms with Crippen molar-refractivity contribution in [3.63, 3.8) is 0 Å². The number of nitro groups is 1. The van der Waals surface area contributed by atoms with Crippen LogP contribution in [0.15, 0.2) is 12.3 Å². The van der Waals surface area contributed by atoms with Gasteiger partial charge in [0.15, 0.2) is 0 Å². The minimum Gasteiger partial charge on any atom is -0.377 e. The highest BCUT2D eigenvalue weighted by molar-refractivity contribution is 5.56. The standard InChI is InChI=1S/C11H17N3O3/c1-8-5-9(14(15)16)10(12-6-8)13-7-11(2,3)17-4/h5-6H,7H2,1-4H3,(H,12,13). The predicted molar refractivity (Wildman–Crippen MR) is 65.2 cm³/mol. The maximum absolute atomic E-state index is 10.9. The maximum atomic E-state index is 10.9. The van der Waals surface area contributed by atoms with Crippen molar-refractivity contribution in [2.45, 2.75) is 26.4 Å². The van der Waals surface area contributed by atoms with Crippen molar-refractivity contribution >= 4 is 11.5 Å². The van der Waals surface area contributed by atoms with E-state index < -0.39 is 10.5 Å². The molecule has 0 saturated heterocycles. The molecule has 17 heavy (non-hydrogen) atoms. The number of pyridine rings is 1. The van der Waals surface area contributed by atoms with Gasteiger partial charge >= 0.3 is 5.69 Å². The molecule has 0 atom stereocenters. The Labute approximate surface area is 100 Å². The summed E-state index contributed by atoms with van der Waals surface area (Å²) in [5, 5.41) is 13.8. The van der Waals surface area contributed by atoms with Gasteiger partial charge in [0, 0.05) is 25.9 Å². The Hall–Kier alpha value is -1.69. The van der Waals surface area contributed by atoms with Crippen molar-refractivity contribution in [1.82, 2.24) is 4.98 Å². The van der Waals surface area contributed by atoms with Gasteiger partial charge in [-0.1, -0.05) is 0 Å². The Kier molecular flexibility index (Phi) is 4.01. The molecule has 0 bridgehead atoms. The van der Waals surface area contributed by atoms with Gasteiger partial charge in [0.05, 0.1) is 10.5 Å². The fraction of sp³-hybridized carbons (Fsp3) is 0.545.